The summed E-state index contributed by atoms with van der Waals surface area (Å²) in [5.41, 5.74) is 0. The van der Waals surface area contributed by atoms with E-state index in [0.29, 0.717) is 25.7 Å². The van der Waals surface area contributed by atoms with E-state index in [1.54, 1.807) is 18.2 Å². The highest BCUT2D eigenvalue weighted by atomic mass is 31.2. The van der Waals surface area contributed by atoms with Gasteiger partial charge in [-0.1, -0.05) is 172 Å². The maximum atomic E-state index is 12.4. The molecule has 0 amide bonds. The smallest absolute Gasteiger partial charge is 0.462 e. The zero-order chi connectivity index (χ0) is 38.5. The van der Waals surface area contributed by atoms with E-state index in [1.165, 1.54) is 70.6 Å². The second-order valence-corrected chi connectivity index (χ2v) is 14.9. The van der Waals surface area contributed by atoms with Gasteiger partial charge in [-0.15, -0.1) is 0 Å². The number of rotatable bonds is 36. The standard InChI is InChI=1S/C41H73O10P/c1-3-5-7-8-9-10-11-12-13-14-15-16-20-23-27-33-41(45)51-39(36-50-52(46,47)48)35-49-40(44)34-28-32-38(43)31-26-22-19-17-18-21-25-30-37(42)29-24-6-4-2/h18-19,21-22,25-26,30-31,37-39,42-43H,3-17,20,23-24,27-29,32-36H2,1-2H3,(H2,46,47,48)/b21-18-,22-19-,30-25+,31-26+/t37-,38-,39+/m0/s1. The molecule has 0 aromatic rings. The van der Waals surface area contributed by atoms with Crippen LogP contribution in [0.25, 0.3) is 0 Å². The second kappa shape index (κ2) is 35.9. The molecule has 0 saturated heterocycles. The molecule has 0 unspecified atom stereocenters. The van der Waals surface area contributed by atoms with E-state index in [-0.39, 0.29) is 19.4 Å². The first kappa shape index (κ1) is 49.9. The molecule has 0 aliphatic heterocycles. The molecular formula is C41H73O10P. The van der Waals surface area contributed by atoms with Crippen molar-refractivity contribution in [3.8, 4) is 0 Å². The number of aliphatic hydroxyl groups excluding tert-OH is 2. The predicted octanol–water partition coefficient (Wildman–Crippen LogP) is 9.90. The third kappa shape index (κ3) is 37.7. The number of aliphatic hydroxyl groups is 2. The second-order valence-electron chi connectivity index (χ2n) is 13.7. The Morgan fingerprint density at radius 3 is 1.52 bits per heavy atom. The van der Waals surface area contributed by atoms with Crippen molar-refractivity contribution in [3.05, 3.63) is 48.6 Å². The first-order valence-corrected chi connectivity index (χ1v) is 21.7. The van der Waals surface area contributed by atoms with Crippen molar-refractivity contribution >= 4 is 19.8 Å². The van der Waals surface area contributed by atoms with Gasteiger partial charge in [0.2, 0.25) is 0 Å². The number of hydrogen-bond donors (Lipinski definition) is 4. The van der Waals surface area contributed by atoms with Crippen molar-refractivity contribution in [1.82, 2.24) is 0 Å². The van der Waals surface area contributed by atoms with E-state index in [1.807, 2.05) is 30.4 Å². The van der Waals surface area contributed by atoms with Crippen molar-refractivity contribution in [2.75, 3.05) is 13.2 Å². The zero-order valence-electron chi connectivity index (χ0n) is 32.4. The van der Waals surface area contributed by atoms with Crippen LogP contribution in [0.4, 0.5) is 0 Å². The van der Waals surface area contributed by atoms with Gasteiger partial charge in [-0.3, -0.25) is 14.1 Å². The molecule has 10 nitrogen and oxygen atoms in total. The summed E-state index contributed by atoms with van der Waals surface area (Å²) in [7, 11) is -4.81. The van der Waals surface area contributed by atoms with E-state index in [9.17, 15) is 24.4 Å². The van der Waals surface area contributed by atoms with Gasteiger partial charge < -0.3 is 29.5 Å². The Morgan fingerprint density at radius 2 is 1.02 bits per heavy atom. The average molecular weight is 757 g/mol. The molecule has 0 radical (unpaired) electrons. The van der Waals surface area contributed by atoms with Gasteiger partial charge in [0.05, 0.1) is 18.8 Å². The summed E-state index contributed by atoms with van der Waals surface area (Å²) >= 11 is 0. The molecule has 0 aliphatic rings. The minimum atomic E-state index is -4.81. The van der Waals surface area contributed by atoms with Crippen LogP contribution in [-0.2, 0) is 28.2 Å². The minimum absolute atomic E-state index is 0.0193. The molecule has 0 spiro atoms. The first-order chi connectivity index (χ1) is 25.1. The predicted molar refractivity (Wildman–Crippen MR) is 210 cm³/mol. The fraction of sp³-hybridized carbons (Fsp3) is 0.756. The number of allylic oxidation sites excluding steroid dienone is 6. The number of ether oxygens (including phenoxy) is 2. The van der Waals surface area contributed by atoms with E-state index >= 15 is 0 Å². The maximum absolute atomic E-state index is 12.4. The van der Waals surface area contributed by atoms with Crippen molar-refractivity contribution in [2.45, 2.75) is 186 Å². The van der Waals surface area contributed by atoms with Crippen LogP contribution < -0.4 is 0 Å². The van der Waals surface area contributed by atoms with Crippen LogP contribution >= 0.6 is 7.82 Å². The SMILES string of the molecule is CCCCCCCCCCCCCCCCCC(=O)O[C@H](COC(=O)CCC[C@@H](O)/C=C/C=C\C/C=C\C=C\[C@@H](O)CCCCC)COP(=O)(O)O. The highest BCUT2D eigenvalue weighted by Crippen LogP contribution is 2.36. The van der Waals surface area contributed by atoms with Crippen LogP contribution in [0, 0.1) is 0 Å². The topological polar surface area (TPSA) is 160 Å². The highest BCUT2D eigenvalue weighted by molar-refractivity contribution is 7.46. The Labute approximate surface area is 315 Å². The molecule has 11 heteroatoms. The van der Waals surface area contributed by atoms with Gasteiger partial charge in [-0.25, -0.2) is 4.57 Å². The molecule has 302 valence electrons. The minimum Gasteiger partial charge on any atom is -0.462 e. The molecule has 0 aliphatic carbocycles. The lowest BCUT2D eigenvalue weighted by atomic mass is 10.0. The van der Waals surface area contributed by atoms with Crippen LogP contribution in [0.15, 0.2) is 48.6 Å². The largest absolute Gasteiger partial charge is 0.469 e. The van der Waals surface area contributed by atoms with Gasteiger partial charge in [0, 0.05) is 12.8 Å². The van der Waals surface area contributed by atoms with Gasteiger partial charge in [0.25, 0.3) is 0 Å². The molecule has 0 aromatic carbocycles. The third-order valence-corrected chi connectivity index (χ3v) is 9.04. The number of unbranched alkanes of at least 4 members (excludes halogenated alkanes) is 16. The normalized spacial score (nSPS) is 14.2. The number of phosphoric acid groups is 1. The maximum Gasteiger partial charge on any atom is 0.469 e. The summed E-state index contributed by atoms with van der Waals surface area (Å²) in [5, 5.41) is 20.0. The molecule has 0 aromatic heterocycles. The van der Waals surface area contributed by atoms with Crippen molar-refractivity contribution in [3.63, 3.8) is 0 Å². The Bertz CT molecular complexity index is 1020. The quantitative estimate of drug-likeness (QED) is 0.0210. The van der Waals surface area contributed by atoms with Crippen LogP contribution in [0.5, 0.6) is 0 Å². The molecule has 0 rings (SSSR count). The Kier molecular flexibility index (Phi) is 34.5. The Balaban J connectivity index is 4.18. The fourth-order valence-corrected chi connectivity index (χ4v) is 5.83. The van der Waals surface area contributed by atoms with E-state index < -0.39 is 44.7 Å². The number of carbonyl (C=O) groups excluding carboxylic acids is 2. The summed E-state index contributed by atoms with van der Waals surface area (Å²) in [6, 6.07) is 0. The lowest BCUT2D eigenvalue weighted by molar-refractivity contribution is -0.161. The van der Waals surface area contributed by atoms with Crippen LogP contribution in [0.3, 0.4) is 0 Å². The summed E-state index contributed by atoms with van der Waals surface area (Å²) in [4.78, 5) is 42.8. The number of hydrogen-bond acceptors (Lipinski definition) is 8. The molecule has 3 atom stereocenters. The average Bonchev–Trinajstić information content (AvgIpc) is 3.10. The third-order valence-electron chi connectivity index (χ3n) is 8.56. The van der Waals surface area contributed by atoms with Gasteiger partial charge in [-0.2, -0.15) is 0 Å². The summed E-state index contributed by atoms with van der Waals surface area (Å²) in [6.45, 7) is 3.39. The molecule has 0 bridgehead atoms. The summed E-state index contributed by atoms with van der Waals surface area (Å²) in [6.07, 6.45) is 36.2. The zero-order valence-corrected chi connectivity index (χ0v) is 33.3. The molecule has 0 saturated carbocycles. The van der Waals surface area contributed by atoms with E-state index in [2.05, 4.69) is 18.4 Å². The highest BCUT2D eigenvalue weighted by Gasteiger charge is 2.23. The summed E-state index contributed by atoms with van der Waals surface area (Å²) in [5.74, 6) is -1.11. The van der Waals surface area contributed by atoms with E-state index in [4.69, 9.17) is 19.3 Å². The van der Waals surface area contributed by atoms with Crippen molar-refractivity contribution in [1.29, 1.82) is 0 Å². The van der Waals surface area contributed by atoms with Gasteiger partial charge in [0.15, 0.2) is 6.10 Å². The van der Waals surface area contributed by atoms with Gasteiger partial charge >= 0.3 is 19.8 Å². The fourth-order valence-electron chi connectivity index (χ4n) is 5.47. The van der Waals surface area contributed by atoms with Crippen LogP contribution in [-0.4, -0.2) is 63.5 Å². The number of phosphoric ester groups is 1. The van der Waals surface area contributed by atoms with Crippen molar-refractivity contribution in [2.24, 2.45) is 0 Å². The van der Waals surface area contributed by atoms with Gasteiger partial charge in [-0.05, 0) is 32.1 Å². The van der Waals surface area contributed by atoms with Gasteiger partial charge in [0.1, 0.15) is 6.61 Å². The first-order valence-electron chi connectivity index (χ1n) is 20.1. The van der Waals surface area contributed by atoms with Crippen molar-refractivity contribution < 1.29 is 48.2 Å². The number of esters is 2. The Morgan fingerprint density at radius 1 is 0.577 bits per heavy atom. The molecular weight excluding hydrogens is 683 g/mol. The molecule has 0 fully saturated rings. The summed E-state index contributed by atoms with van der Waals surface area (Å²) < 4.78 is 26.2. The van der Waals surface area contributed by atoms with Crippen LogP contribution in [0.2, 0.25) is 0 Å². The lowest BCUT2D eigenvalue weighted by Gasteiger charge is -2.18. The monoisotopic (exact) mass is 756 g/mol. The molecule has 4 N–H and O–H groups in total. The van der Waals surface area contributed by atoms with E-state index in [0.717, 1.165) is 44.9 Å². The van der Waals surface area contributed by atoms with Crippen LogP contribution in [0.1, 0.15) is 168 Å². The lowest BCUT2D eigenvalue weighted by Crippen LogP contribution is -2.29. The number of carbonyl (C=O) groups is 2. The molecule has 52 heavy (non-hydrogen) atoms. The molecule has 0 heterocycles. The Hall–Kier alpha value is -2.07.